The molecule has 32 heavy (non-hydrogen) atoms. The Morgan fingerprint density at radius 2 is 1.94 bits per heavy atom. The number of benzene rings is 1. The number of nitrogens with zero attached hydrogens (tertiary/aromatic N) is 2. The molecule has 3 fully saturated rings. The smallest absolute Gasteiger partial charge is 0.325 e. The lowest BCUT2D eigenvalue weighted by molar-refractivity contribution is -0.137. The highest BCUT2D eigenvalue weighted by molar-refractivity contribution is 6.09. The predicted molar refractivity (Wildman–Crippen MR) is 123 cm³/mol. The molecule has 1 spiro atoms. The predicted octanol–water partition coefficient (Wildman–Crippen LogP) is 3.07. The summed E-state index contributed by atoms with van der Waals surface area (Å²) in [7, 11) is 0. The first-order valence-corrected chi connectivity index (χ1v) is 11.8. The van der Waals surface area contributed by atoms with E-state index in [4.69, 9.17) is 0 Å². The fraction of sp³-hybridized carbons (Fsp3) is 0.640. The maximum absolute atomic E-state index is 13.3. The summed E-state index contributed by atoms with van der Waals surface area (Å²) in [6, 6.07) is 10.2. The fourth-order valence-corrected chi connectivity index (χ4v) is 6.27. The number of carbonyl (C=O) groups excluding carboxylic acids is 3. The number of imide groups is 1. The molecule has 0 bridgehead atoms. The summed E-state index contributed by atoms with van der Waals surface area (Å²) >= 11 is 0. The van der Waals surface area contributed by atoms with Crippen molar-refractivity contribution in [3.05, 3.63) is 35.9 Å². The van der Waals surface area contributed by atoms with Gasteiger partial charge in [0.05, 0.1) is 0 Å². The Labute approximate surface area is 190 Å². The van der Waals surface area contributed by atoms with Crippen molar-refractivity contribution >= 4 is 17.8 Å². The van der Waals surface area contributed by atoms with Crippen molar-refractivity contribution in [2.24, 2.45) is 11.3 Å². The zero-order chi connectivity index (χ0) is 23.1. The van der Waals surface area contributed by atoms with Crippen LogP contribution in [0.2, 0.25) is 0 Å². The molecule has 0 unspecified atom stereocenters. The molecule has 0 radical (unpaired) electrons. The molecule has 1 aliphatic carbocycles. The molecule has 2 aliphatic heterocycles. The van der Waals surface area contributed by atoms with E-state index in [9.17, 15) is 14.4 Å². The summed E-state index contributed by atoms with van der Waals surface area (Å²) in [5.41, 5.74) is 0.365. The second kappa shape index (κ2) is 8.50. The standard InChI is InChI=1S/C25H36N4O3/c1-17-12-24(3,4)16-25(13-17)22(31)29(23(32)27-25)15-21(30)26-20-10-11-28(14-20)18(2)19-8-6-5-7-9-19/h5-9,17-18,20H,10-16H2,1-4H3,(H,26,30)(H,27,32)/t17-,18-,20+,25+/m1/s1. The highest BCUT2D eigenvalue weighted by Crippen LogP contribution is 2.46. The van der Waals surface area contributed by atoms with Gasteiger partial charge in [-0.25, -0.2) is 4.79 Å². The van der Waals surface area contributed by atoms with Gasteiger partial charge in [0.25, 0.3) is 5.91 Å². The van der Waals surface area contributed by atoms with Crippen molar-refractivity contribution in [1.29, 1.82) is 0 Å². The van der Waals surface area contributed by atoms with Crippen LogP contribution in [0, 0.1) is 11.3 Å². The van der Waals surface area contributed by atoms with Crippen molar-refractivity contribution in [1.82, 2.24) is 20.4 Å². The van der Waals surface area contributed by atoms with Crippen molar-refractivity contribution < 1.29 is 14.4 Å². The number of amides is 4. The van der Waals surface area contributed by atoms with E-state index in [-0.39, 0.29) is 35.9 Å². The van der Waals surface area contributed by atoms with E-state index in [0.29, 0.717) is 18.8 Å². The molecule has 4 atom stereocenters. The van der Waals surface area contributed by atoms with Crippen LogP contribution in [-0.2, 0) is 9.59 Å². The minimum absolute atomic E-state index is 0.0250. The first kappa shape index (κ1) is 22.8. The topological polar surface area (TPSA) is 81.8 Å². The lowest BCUT2D eigenvalue weighted by Gasteiger charge is -2.43. The summed E-state index contributed by atoms with van der Waals surface area (Å²) < 4.78 is 0. The Morgan fingerprint density at radius 1 is 1.22 bits per heavy atom. The van der Waals surface area contributed by atoms with E-state index in [2.05, 4.69) is 55.4 Å². The SMILES string of the molecule is C[C@@H]1CC(C)(C)C[C@]2(C1)NC(=O)N(CC(=O)N[C@H]1CCN([C@H](C)c3ccccc3)C1)C2=O. The molecule has 7 heteroatoms. The maximum Gasteiger partial charge on any atom is 0.325 e. The van der Waals surface area contributed by atoms with Gasteiger partial charge >= 0.3 is 6.03 Å². The number of urea groups is 1. The molecule has 1 aromatic rings. The largest absolute Gasteiger partial charge is 0.350 e. The van der Waals surface area contributed by atoms with Crippen LogP contribution in [0.4, 0.5) is 4.79 Å². The molecule has 2 N–H and O–H groups in total. The van der Waals surface area contributed by atoms with Crippen LogP contribution in [0.15, 0.2) is 30.3 Å². The third-order valence-electron chi connectivity index (χ3n) is 7.34. The maximum atomic E-state index is 13.3. The summed E-state index contributed by atoms with van der Waals surface area (Å²) in [5.74, 6) is -0.177. The summed E-state index contributed by atoms with van der Waals surface area (Å²) in [5, 5.41) is 5.99. The second-order valence-corrected chi connectivity index (χ2v) is 10.9. The quantitative estimate of drug-likeness (QED) is 0.690. The van der Waals surface area contributed by atoms with Crippen LogP contribution < -0.4 is 10.6 Å². The number of hydrogen-bond acceptors (Lipinski definition) is 4. The Bertz CT molecular complexity index is 886. The molecule has 0 aromatic heterocycles. The molecule has 1 aromatic carbocycles. The second-order valence-electron chi connectivity index (χ2n) is 10.9. The number of likely N-dealkylation sites (tertiary alicyclic amines) is 1. The van der Waals surface area contributed by atoms with E-state index in [1.54, 1.807) is 0 Å². The van der Waals surface area contributed by atoms with E-state index in [1.165, 1.54) is 5.56 Å². The van der Waals surface area contributed by atoms with Gasteiger partial charge in [0.15, 0.2) is 0 Å². The van der Waals surface area contributed by atoms with Gasteiger partial charge in [-0.2, -0.15) is 0 Å². The van der Waals surface area contributed by atoms with Gasteiger partial charge in [0.1, 0.15) is 12.1 Å². The van der Waals surface area contributed by atoms with Crippen LogP contribution in [-0.4, -0.2) is 58.9 Å². The minimum Gasteiger partial charge on any atom is -0.350 e. The van der Waals surface area contributed by atoms with E-state index < -0.39 is 11.6 Å². The van der Waals surface area contributed by atoms with Gasteiger partial charge in [-0.15, -0.1) is 0 Å². The van der Waals surface area contributed by atoms with Gasteiger partial charge in [-0.1, -0.05) is 51.1 Å². The van der Waals surface area contributed by atoms with Crippen LogP contribution in [0.25, 0.3) is 0 Å². The highest BCUT2D eigenvalue weighted by atomic mass is 16.2. The lowest BCUT2D eigenvalue weighted by atomic mass is 9.64. The average molecular weight is 441 g/mol. The zero-order valence-electron chi connectivity index (χ0n) is 19.7. The molecule has 3 aliphatic rings. The molecule has 1 saturated carbocycles. The van der Waals surface area contributed by atoms with Gasteiger partial charge in [0, 0.05) is 25.2 Å². The van der Waals surface area contributed by atoms with Crippen LogP contribution in [0.3, 0.4) is 0 Å². The van der Waals surface area contributed by atoms with E-state index >= 15 is 0 Å². The molecule has 2 saturated heterocycles. The van der Waals surface area contributed by atoms with Crippen molar-refractivity contribution in [2.75, 3.05) is 19.6 Å². The zero-order valence-corrected chi connectivity index (χ0v) is 19.7. The summed E-state index contributed by atoms with van der Waals surface area (Å²) in [4.78, 5) is 42.1. The summed E-state index contributed by atoms with van der Waals surface area (Å²) in [6.45, 7) is 10.0. The van der Waals surface area contributed by atoms with Crippen molar-refractivity contribution in [2.45, 2.75) is 71.0 Å². The molecule has 174 valence electrons. The molecule has 2 heterocycles. The summed E-state index contributed by atoms with van der Waals surface area (Å²) in [6.07, 6.45) is 3.13. The van der Waals surface area contributed by atoms with Crippen molar-refractivity contribution in [3.8, 4) is 0 Å². The molecular weight excluding hydrogens is 404 g/mol. The van der Waals surface area contributed by atoms with Crippen molar-refractivity contribution in [3.63, 3.8) is 0 Å². The number of hydrogen-bond donors (Lipinski definition) is 2. The average Bonchev–Trinajstić information content (AvgIpc) is 3.25. The minimum atomic E-state index is -0.867. The first-order chi connectivity index (χ1) is 15.1. The highest BCUT2D eigenvalue weighted by Gasteiger charge is 2.56. The Morgan fingerprint density at radius 3 is 2.62 bits per heavy atom. The molecule has 4 rings (SSSR count). The third-order valence-corrected chi connectivity index (χ3v) is 7.34. The Balaban J connectivity index is 1.34. The van der Waals surface area contributed by atoms with Gasteiger partial charge in [-0.3, -0.25) is 19.4 Å². The lowest BCUT2D eigenvalue weighted by Crippen LogP contribution is -2.54. The Hall–Kier alpha value is -2.41. The third kappa shape index (κ3) is 4.53. The first-order valence-electron chi connectivity index (χ1n) is 11.8. The number of nitrogens with one attached hydrogen (secondary N) is 2. The van der Waals surface area contributed by atoms with Gasteiger partial charge in [0.2, 0.25) is 5.91 Å². The normalized spacial score (nSPS) is 31.1. The van der Waals surface area contributed by atoms with Crippen LogP contribution in [0.1, 0.15) is 65.0 Å². The number of rotatable bonds is 5. The molecular formula is C25H36N4O3. The van der Waals surface area contributed by atoms with Crippen LogP contribution in [0.5, 0.6) is 0 Å². The molecule has 7 nitrogen and oxygen atoms in total. The van der Waals surface area contributed by atoms with E-state index in [0.717, 1.165) is 30.8 Å². The van der Waals surface area contributed by atoms with Crippen LogP contribution >= 0.6 is 0 Å². The molecule has 4 amide bonds. The number of carbonyl (C=O) groups is 3. The van der Waals surface area contributed by atoms with Gasteiger partial charge < -0.3 is 10.6 Å². The van der Waals surface area contributed by atoms with E-state index in [1.807, 2.05) is 18.2 Å². The Kier molecular flexibility index (Phi) is 6.05. The monoisotopic (exact) mass is 440 g/mol. The van der Waals surface area contributed by atoms with Gasteiger partial charge in [-0.05, 0) is 49.5 Å². The fourth-order valence-electron chi connectivity index (χ4n) is 6.27.